The Hall–Kier alpha value is -2.38. The molecule has 1 aliphatic heterocycles. The first-order valence-corrected chi connectivity index (χ1v) is 6.69. The van der Waals surface area contributed by atoms with Crippen LogP contribution < -0.4 is 0 Å². The fourth-order valence-electron chi connectivity index (χ4n) is 2.51. The predicted molar refractivity (Wildman–Crippen MR) is 70.9 cm³/mol. The number of aromatic nitrogens is 2. The van der Waals surface area contributed by atoms with Crippen LogP contribution in [-0.2, 0) is 9.53 Å². The van der Waals surface area contributed by atoms with Crippen molar-refractivity contribution in [1.82, 2.24) is 14.9 Å². The van der Waals surface area contributed by atoms with E-state index in [9.17, 15) is 14.4 Å². The number of ether oxygens (including phenoxy) is 1. The van der Waals surface area contributed by atoms with Crippen molar-refractivity contribution in [2.24, 2.45) is 0 Å². The van der Waals surface area contributed by atoms with E-state index in [0.29, 0.717) is 13.0 Å². The normalized spacial score (nSPS) is 18.3. The van der Waals surface area contributed by atoms with E-state index in [0.717, 1.165) is 12.8 Å². The van der Waals surface area contributed by atoms with E-state index in [4.69, 9.17) is 5.11 Å². The summed E-state index contributed by atoms with van der Waals surface area (Å²) in [5.74, 6) is -2.10. The van der Waals surface area contributed by atoms with Crippen LogP contribution in [0.15, 0.2) is 6.33 Å². The number of H-pyrrole nitrogens is 1. The highest BCUT2D eigenvalue weighted by molar-refractivity contribution is 6.02. The molecule has 21 heavy (non-hydrogen) atoms. The highest BCUT2D eigenvalue weighted by Gasteiger charge is 2.32. The first-order chi connectivity index (χ1) is 10.0. The average molecular weight is 295 g/mol. The molecular formula is C13H17N3O5. The number of nitrogens with zero attached hydrogens (tertiary/aromatic N) is 2. The molecule has 2 N–H and O–H groups in total. The number of hydrogen-bond donors (Lipinski definition) is 2. The number of hydrogen-bond acceptors (Lipinski definition) is 5. The van der Waals surface area contributed by atoms with Crippen molar-refractivity contribution in [3.8, 4) is 0 Å². The molecule has 114 valence electrons. The number of carbonyl (C=O) groups is 3. The lowest BCUT2D eigenvalue weighted by atomic mass is 9.98. The second-order valence-electron chi connectivity index (χ2n) is 4.86. The highest BCUT2D eigenvalue weighted by atomic mass is 16.5. The van der Waals surface area contributed by atoms with Crippen LogP contribution in [0.25, 0.3) is 0 Å². The lowest BCUT2D eigenvalue weighted by Gasteiger charge is -2.34. The monoisotopic (exact) mass is 295 g/mol. The van der Waals surface area contributed by atoms with Crippen molar-refractivity contribution in [3.63, 3.8) is 0 Å². The van der Waals surface area contributed by atoms with E-state index in [1.165, 1.54) is 18.3 Å². The molecule has 1 unspecified atom stereocenters. The van der Waals surface area contributed by atoms with Crippen molar-refractivity contribution in [2.75, 3.05) is 13.7 Å². The number of rotatable bonds is 4. The molecule has 0 spiro atoms. The van der Waals surface area contributed by atoms with Crippen molar-refractivity contribution >= 4 is 17.8 Å². The summed E-state index contributed by atoms with van der Waals surface area (Å²) in [5, 5.41) is 9.04. The lowest BCUT2D eigenvalue weighted by molar-refractivity contribution is -0.142. The van der Waals surface area contributed by atoms with Gasteiger partial charge >= 0.3 is 11.9 Å². The number of carboxylic acid groups (broad SMARTS) is 1. The summed E-state index contributed by atoms with van der Waals surface area (Å²) in [6.45, 7) is 0.479. The highest BCUT2D eigenvalue weighted by Crippen LogP contribution is 2.22. The third-order valence-electron chi connectivity index (χ3n) is 3.57. The van der Waals surface area contributed by atoms with Crippen LogP contribution in [0.2, 0.25) is 0 Å². The number of likely N-dealkylation sites (tertiary alicyclic amines) is 1. The van der Waals surface area contributed by atoms with E-state index in [2.05, 4.69) is 14.7 Å². The van der Waals surface area contributed by atoms with Crippen LogP contribution in [0, 0.1) is 0 Å². The van der Waals surface area contributed by atoms with Crippen LogP contribution in [0.4, 0.5) is 0 Å². The van der Waals surface area contributed by atoms with E-state index in [1.807, 2.05) is 0 Å². The first kappa shape index (κ1) is 15.0. The second kappa shape index (κ2) is 6.38. The van der Waals surface area contributed by atoms with Gasteiger partial charge < -0.3 is 19.7 Å². The number of carbonyl (C=O) groups excluding carboxylic acids is 2. The minimum absolute atomic E-state index is 0.106. The van der Waals surface area contributed by atoms with Gasteiger partial charge in [-0.25, -0.2) is 9.78 Å². The minimum atomic E-state index is -1.24. The molecule has 0 aromatic carbocycles. The molecule has 2 heterocycles. The molecule has 1 aromatic rings. The molecule has 1 fully saturated rings. The Morgan fingerprint density at radius 2 is 2.24 bits per heavy atom. The summed E-state index contributed by atoms with van der Waals surface area (Å²) < 4.78 is 4.64. The zero-order valence-electron chi connectivity index (χ0n) is 11.7. The quantitative estimate of drug-likeness (QED) is 0.789. The van der Waals surface area contributed by atoms with Gasteiger partial charge in [0.15, 0.2) is 11.4 Å². The van der Waals surface area contributed by atoms with Gasteiger partial charge in [0.1, 0.15) is 0 Å². The van der Waals surface area contributed by atoms with Gasteiger partial charge in [0.25, 0.3) is 5.91 Å². The second-order valence-corrected chi connectivity index (χ2v) is 4.86. The van der Waals surface area contributed by atoms with Gasteiger partial charge in [0.05, 0.1) is 19.9 Å². The van der Waals surface area contributed by atoms with E-state index in [1.54, 1.807) is 0 Å². The Kier molecular flexibility index (Phi) is 4.56. The Morgan fingerprint density at radius 1 is 1.48 bits per heavy atom. The number of aromatic amines is 1. The fraction of sp³-hybridized carbons (Fsp3) is 0.538. The maximum absolute atomic E-state index is 12.5. The smallest absolute Gasteiger partial charge is 0.354 e. The van der Waals surface area contributed by atoms with Gasteiger partial charge in [-0.1, -0.05) is 0 Å². The molecule has 0 saturated carbocycles. The summed E-state index contributed by atoms with van der Waals surface area (Å²) in [4.78, 5) is 42.7. The zero-order chi connectivity index (χ0) is 15.4. The average Bonchev–Trinajstić information content (AvgIpc) is 2.96. The Bertz CT molecular complexity index is 554. The first-order valence-electron chi connectivity index (χ1n) is 6.69. The number of carboxylic acids is 1. The number of aromatic carboxylic acids is 1. The predicted octanol–water partition coefficient (Wildman–Crippen LogP) is 0.666. The molecule has 1 aliphatic rings. The summed E-state index contributed by atoms with van der Waals surface area (Å²) in [6, 6.07) is -0.281. The maximum Gasteiger partial charge on any atom is 0.354 e. The van der Waals surface area contributed by atoms with Gasteiger partial charge in [0, 0.05) is 12.6 Å². The van der Waals surface area contributed by atoms with E-state index >= 15 is 0 Å². The van der Waals surface area contributed by atoms with Crippen LogP contribution in [0.3, 0.4) is 0 Å². The Balaban J connectivity index is 2.20. The molecule has 0 bridgehead atoms. The van der Waals surface area contributed by atoms with Crippen LogP contribution in [0.1, 0.15) is 46.7 Å². The van der Waals surface area contributed by atoms with E-state index < -0.39 is 11.9 Å². The van der Waals surface area contributed by atoms with Gasteiger partial charge in [-0.15, -0.1) is 0 Å². The molecule has 0 radical (unpaired) electrons. The summed E-state index contributed by atoms with van der Waals surface area (Å²) >= 11 is 0. The molecule has 8 heteroatoms. The molecular weight excluding hydrogens is 278 g/mol. The third-order valence-corrected chi connectivity index (χ3v) is 3.57. The topological polar surface area (TPSA) is 113 Å². The largest absolute Gasteiger partial charge is 0.477 e. The lowest BCUT2D eigenvalue weighted by Crippen LogP contribution is -2.45. The molecule has 2 rings (SSSR count). The third kappa shape index (κ3) is 3.21. The van der Waals surface area contributed by atoms with Gasteiger partial charge in [-0.3, -0.25) is 9.59 Å². The molecule has 8 nitrogen and oxygen atoms in total. The van der Waals surface area contributed by atoms with Crippen LogP contribution >= 0.6 is 0 Å². The number of methoxy groups -OCH3 is 1. The number of esters is 1. The van der Waals surface area contributed by atoms with Gasteiger partial charge in [0.2, 0.25) is 0 Å². The molecule has 0 aliphatic carbocycles. The minimum Gasteiger partial charge on any atom is -0.477 e. The Morgan fingerprint density at radius 3 is 2.90 bits per heavy atom. The number of amides is 1. The summed E-state index contributed by atoms with van der Waals surface area (Å²) in [5.41, 5.74) is -0.360. The van der Waals surface area contributed by atoms with Gasteiger partial charge in [-0.05, 0) is 19.3 Å². The van der Waals surface area contributed by atoms with Crippen LogP contribution in [0.5, 0.6) is 0 Å². The number of nitrogens with one attached hydrogen (secondary N) is 1. The van der Waals surface area contributed by atoms with Gasteiger partial charge in [-0.2, -0.15) is 0 Å². The molecule has 1 saturated heterocycles. The Labute approximate surface area is 121 Å². The zero-order valence-corrected chi connectivity index (χ0v) is 11.7. The van der Waals surface area contributed by atoms with Crippen molar-refractivity contribution in [1.29, 1.82) is 0 Å². The summed E-state index contributed by atoms with van der Waals surface area (Å²) in [6.07, 6.45) is 3.70. The van der Waals surface area contributed by atoms with E-state index in [-0.39, 0.29) is 29.8 Å². The number of imidazole rings is 1. The van der Waals surface area contributed by atoms with Crippen LogP contribution in [-0.4, -0.2) is 57.5 Å². The van der Waals surface area contributed by atoms with Crippen molar-refractivity contribution in [2.45, 2.75) is 31.7 Å². The molecule has 1 amide bonds. The van der Waals surface area contributed by atoms with Crippen molar-refractivity contribution < 1.29 is 24.2 Å². The SMILES string of the molecule is COC(=O)CC1CCCCN1C(=O)c1nc[nH]c1C(=O)O. The maximum atomic E-state index is 12.5. The summed E-state index contributed by atoms with van der Waals surface area (Å²) in [7, 11) is 1.30. The fourth-order valence-corrected chi connectivity index (χ4v) is 2.51. The standard InChI is InChI=1S/C13H17N3O5/c1-21-9(17)6-8-4-2-3-5-16(8)12(18)10-11(13(19)20)15-7-14-10/h7-8H,2-6H2,1H3,(H,14,15)(H,19,20). The molecule has 1 aromatic heterocycles. The molecule has 1 atom stereocenters. The van der Waals surface area contributed by atoms with Crippen molar-refractivity contribution in [3.05, 3.63) is 17.7 Å². The number of piperidine rings is 1.